The van der Waals surface area contributed by atoms with E-state index in [0.29, 0.717) is 35.3 Å². The standard InChI is InChI=1S/C21H25N5O3/c1-26-19-18(20(27)24-21(28)23-19)15(25-26)9-8-14-17-11(10-22-14)6-7-12-13(17)4-3-5-16(12)29-2/h3-5,11,14,17,22H,6-10H2,1-2H3,(H2,23,24,27,28). The average molecular weight is 395 g/mol. The van der Waals surface area contributed by atoms with Crippen LogP contribution in [0.1, 0.15) is 35.6 Å². The topological polar surface area (TPSA) is 105 Å². The van der Waals surface area contributed by atoms with Crippen molar-refractivity contribution in [2.45, 2.75) is 37.6 Å². The number of aromatic amines is 2. The lowest BCUT2D eigenvalue weighted by Gasteiger charge is -2.32. The third-order valence-electron chi connectivity index (χ3n) is 6.59. The second kappa shape index (κ2) is 6.88. The molecule has 1 fully saturated rings. The minimum absolute atomic E-state index is 0.324. The first-order chi connectivity index (χ1) is 14.1. The summed E-state index contributed by atoms with van der Waals surface area (Å²) in [5, 5.41) is 8.69. The van der Waals surface area contributed by atoms with Crippen molar-refractivity contribution in [2.75, 3.05) is 13.7 Å². The van der Waals surface area contributed by atoms with Gasteiger partial charge in [0.1, 0.15) is 16.8 Å². The maximum atomic E-state index is 12.3. The Balaban J connectivity index is 1.44. The molecule has 5 rings (SSSR count). The summed E-state index contributed by atoms with van der Waals surface area (Å²) in [5.41, 5.74) is 3.04. The molecule has 2 aliphatic rings. The lowest BCUT2D eigenvalue weighted by molar-refractivity contribution is 0.377. The van der Waals surface area contributed by atoms with Gasteiger partial charge >= 0.3 is 5.69 Å². The van der Waals surface area contributed by atoms with Crippen LogP contribution in [0.15, 0.2) is 27.8 Å². The predicted octanol–water partition coefficient (Wildman–Crippen LogP) is 1.21. The minimum atomic E-state index is -0.509. The van der Waals surface area contributed by atoms with Gasteiger partial charge in [-0.15, -0.1) is 0 Å². The van der Waals surface area contributed by atoms with Crippen LogP contribution >= 0.6 is 0 Å². The number of rotatable bonds is 4. The second-order valence-electron chi connectivity index (χ2n) is 8.11. The van der Waals surface area contributed by atoms with Crippen molar-refractivity contribution in [2.24, 2.45) is 13.0 Å². The summed E-state index contributed by atoms with van der Waals surface area (Å²) in [6.45, 7) is 1.02. The van der Waals surface area contributed by atoms with E-state index in [9.17, 15) is 9.59 Å². The van der Waals surface area contributed by atoms with Crippen LogP contribution in [0.2, 0.25) is 0 Å². The summed E-state index contributed by atoms with van der Waals surface area (Å²) >= 11 is 0. The molecule has 0 amide bonds. The predicted molar refractivity (Wildman–Crippen MR) is 110 cm³/mol. The normalized spacial score (nSPS) is 23.2. The molecule has 152 valence electrons. The van der Waals surface area contributed by atoms with Crippen LogP contribution in [-0.2, 0) is 19.9 Å². The number of nitrogens with one attached hydrogen (secondary N) is 3. The van der Waals surface area contributed by atoms with Gasteiger partial charge in [0.25, 0.3) is 5.56 Å². The van der Waals surface area contributed by atoms with Crippen molar-refractivity contribution in [3.8, 4) is 5.75 Å². The van der Waals surface area contributed by atoms with Crippen LogP contribution in [0, 0.1) is 5.92 Å². The number of H-pyrrole nitrogens is 2. The maximum absolute atomic E-state index is 12.3. The fourth-order valence-electron chi connectivity index (χ4n) is 5.34. The average Bonchev–Trinajstić information content (AvgIpc) is 3.27. The highest BCUT2D eigenvalue weighted by molar-refractivity contribution is 5.76. The van der Waals surface area contributed by atoms with Crippen molar-refractivity contribution < 1.29 is 4.74 Å². The Kier molecular flexibility index (Phi) is 4.31. The largest absolute Gasteiger partial charge is 0.496 e. The van der Waals surface area contributed by atoms with Gasteiger partial charge in [-0.05, 0) is 55.3 Å². The van der Waals surface area contributed by atoms with E-state index in [1.807, 2.05) is 6.07 Å². The highest BCUT2D eigenvalue weighted by Crippen LogP contribution is 2.45. The number of methoxy groups -OCH3 is 1. The monoisotopic (exact) mass is 395 g/mol. The number of aryl methyl sites for hydroxylation is 2. The molecule has 8 nitrogen and oxygen atoms in total. The summed E-state index contributed by atoms with van der Waals surface area (Å²) in [6.07, 6.45) is 3.77. The molecule has 3 aromatic rings. The van der Waals surface area contributed by atoms with Gasteiger partial charge in [0.15, 0.2) is 0 Å². The number of ether oxygens (including phenoxy) is 1. The van der Waals surface area contributed by atoms with Gasteiger partial charge in [-0.2, -0.15) is 5.10 Å². The Morgan fingerprint density at radius 3 is 2.97 bits per heavy atom. The van der Waals surface area contributed by atoms with Crippen LogP contribution in [0.25, 0.3) is 11.0 Å². The van der Waals surface area contributed by atoms with Crippen LogP contribution in [0.4, 0.5) is 0 Å². The molecule has 2 aromatic heterocycles. The van der Waals surface area contributed by atoms with Crippen molar-refractivity contribution in [1.29, 1.82) is 0 Å². The zero-order valence-corrected chi connectivity index (χ0v) is 16.6. The molecule has 29 heavy (non-hydrogen) atoms. The third kappa shape index (κ3) is 2.90. The van der Waals surface area contributed by atoms with Gasteiger partial charge < -0.3 is 10.1 Å². The fraction of sp³-hybridized carbons (Fsp3) is 0.476. The van der Waals surface area contributed by atoms with E-state index in [1.165, 1.54) is 11.1 Å². The number of hydrogen-bond donors (Lipinski definition) is 3. The quantitative estimate of drug-likeness (QED) is 0.616. The molecule has 8 heteroatoms. The first-order valence-electron chi connectivity index (χ1n) is 10.1. The number of aromatic nitrogens is 4. The van der Waals surface area contributed by atoms with Crippen molar-refractivity contribution >= 4 is 11.0 Å². The summed E-state index contributed by atoms with van der Waals surface area (Å²) in [6, 6.07) is 6.69. The molecular weight excluding hydrogens is 370 g/mol. The third-order valence-corrected chi connectivity index (χ3v) is 6.59. The molecule has 0 spiro atoms. The summed E-state index contributed by atoms with van der Waals surface area (Å²) in [4.78, 5) is 28.9. The highest BCUT2D eigenvalue weighted by Gasteiger charge is 2.40. The molecule has 1 saturated heterocycles. The lowest BCUT2D eigenvalue weighted by Crippen LogP contribution is -2.29. The zero-order chi connectivity index (χ0) is 20.1. The number of fused-ring (bicyclic) bond motifs is 4. The van der Waals surface area contributed by atoms with E-state index in [0.717, 1.165) is 37.3 Å². The first-order valence-corrected chi connectivity index (χ1v) is 10.1. The van der Waals surface area contributed by atoms with E-state index in [4.69, 9.17) is 4.74 Å². The molecule has 1 aliphatic carbocycles. The van der Waals surface area contributed by atoms with Crippen LogP contribution < -0.4 is 21.3 Å². The van der Waals surface area contributed by atoms with Gasteiger partial charge in [-0.3, -0.25) is 19.4 Å². The molecule has 3 N–H and O–H groups in total. The molecule has 0 bridgehead atoms. The van der Waals surface area contributed by atoms with Gasteiger partial charge in [0, 0.05) is 19.0 Å². The summed E-state index contributed by atoms with van der Waals surface area (Å²) in [5.74, 6) is 2.06. The minimum Gasteiger partial charge on any atom is -0.496 e. The van der Waals surface area contributed by atoms with E-state index in [2.05, 4.69) is 32.5 Å². The van der Waals surface area contributed by atoms with Crippen molar-refractivity contribution in [3.63, 3.8) is 0 Å². The molecule has 3 atom stereocenters. The molecule has 1 aromatic carbocycles. The Bertz CT molecular complexity index is 1190. The molecular formula is C21H25N5O3. The summed E-state index contributed by atoms with van der Waals surface area (Å²) in [7, 11) is 3.48. The van der Waals surface area contributed by atoms with Gasteiger partial charge in [-0.25, -0.2) is 4.79 Å². The number of hydrogen-bond acceptors (Lipinski definition) is 5. The van der Waals surface area contributed by atoms with Crippen LogP contribution in [-0.4, -0.2) is 39.4 Å². The number of nitrogens with zero attached hydrogens (tertiary/aromatic N) is 2. The van der Waals surface area contributed by atoms with E-state index in [-0.39, 0.29) is 5.56 Å². The zero-order valence-electron chi connectivity index (χ0n) is 16.6. The second-order valence-corrected chi connectivity index (χ2v) is 8.11. The molecule has 0 saturated carbocycles. The molecule has 3 unspecified atom stereocenters. The lowest BCUT2D eigenvalue weighted by atomic mass is 9.73. The first kappa shape index (κ1) is 18.2. The highest BCUT2D eigenvalue weighted by atomic mass is 16.5. The molecule has 1 aliphatic heterocycles. The van der Waals surface area contributed by atoms with E-state index in [1.54, 1.807) is 18.8 Å². The van der Waals surface area contributed by atoms with Gasteiger partial charge in [0.05, 0.1) is 12.8 Å². The van der Waals surface area contributed by atoms with Crippen molar-refractivity contribution in [1.82, 2.24) is 25.1 Å². The summed E-state index contributed by atoms with van der Waals surface area (Å²) < 4.78 is 7.18. The Morgan fingerprint density at radius 1 is 1.28 bits per heavy atom. The van der Waals surface area contributed by atoms with Crippen molar-refractivity contribution in [3.05, 3.63) is 55.9 Å². The Labute approximate surface area is 167 Å². The number of benzene rings is 1. The fourth-order valence-corrected chi connectivity index (χ4v) is 5.34. The van der Waals surface area contributed by atoms with Gasteiger partial charge in [-0.1, -0.05) is 12.1 Å². The Hall–Kier alpha value is -2.87. The molecule has 3 heterocycles. The molecule has 0 radical (unpaired) electrons. The maximum Gasteiger partial charge on any atom is 0.327 e. The van der Waals surface area contributed by atoms with E-state index < -0.39 is 5.69 Å². The Morgan fingerprint density at radius 2 is 2.14 bits per heavy atom. The van der Waals surface area contributed by atoms with Gasteiger partial charge in [0.2, 0.25) is 0 Å². The SMILES string of the molecule is COc1cccc2c1CCC1CNC(CCc3nn(C)c4[nH]c(=O)[nH]c(=O)c34)C21. The van der Waals surface area contributed by atoms with Crippen LogP contribution in [0.3, 0.4) is 0 Å². The van der Waals surface area contributed by atoms with E-state index >= 15 is 0 Å². The smallest absolute Gasteiger partial charge is 0.327 e. The van der Waals surface area contributed by atoms with Crippen LogP contribution in [0.5, 0.6) is 5.75 Å².